The van der Waals surface area contributed by atoms with Gasteiger partial charge in [0.25, 0.3) is 11.8 Å². The SMILES string of the molecule is CCCCCCCCC(CCCCCC)CN1C(=O)C2=C(c3ccc(C)o3)N(CC(CCC)CCCCCC)C(=O)C2=C1c1ccc(-c2ccc(CC)cc2)o1. The number of benzene rings is 1. The summed E-state index contributed by atoms with van der Waals surface area (Å²) in [5.41, 5.74) is 4.48. The van der Waals surface area contributed by atoms with Gasteiger partial charge >= 0.3 is 0 Å². The minimum Gasteiger partial charge on any atom is -0.460 e. The Bertz CT molecular complexity index is 1740. The third-order valence-corrected chi connectivity index (χ3v) is 12.1. The monoisotopic (exact) mass is 765 g/mol. The molecule has 2 unspecified atom stereocenters. The molecule has 2 amide bonds. The van der Waals surface area contributed by atoms with Crippen LogP contribution in [0, 0.1) is 18.8 Å². The van der Waals surface area contributed by atoms with E-state index in [0.717, 1.165) is 74.9 Å². The van der Waals surface area contributed by atoms with Crippen molar-refractivity contribution in [3.05, 3.63) is 82.5 Å². The number of fused-ring (bicyclic) bond motifs is 1. The van der Waals surface area contributed by atoms with E-state index in [2.05, 4.69) is 58.9 Å². The summed E-state index contributed by atoms with van der Waals surface area (Å²) in [7, 11) is 0. The topological polar surface area (TPSA) is 66.9 Å². The van der Waals surface area contributed by atoms with Crippen LogP contribution in [0.4, 0.5) is 0 Å². The highest BCUT2D eigenvalue weighted by atomic mass is 16.3. The van der Waals surface area contributed by atoms with Crippen LogP contribution < -0.4 is 0 Å². The number of hydrogen-bond donors (Lipinski definition) is 0. The molecule has 6 heteroatoms. The Hall–Kier alpha value is -3.80. The molecule has 0 spiro atoms. The Morgan fingerprint density at radius 3 is 1.41 bits per heavy atom. The van der Waals surface area contributed by atoms with Crippen molar-refractivity contribution < 1.29 is 18.4 Å². The Kier molecular flexibility index (Phi) is 17.2. The van der Waals surface area contributed by atoms with Crippen LogP contribution in [-0.4, -0.2) is 34.7 Å². The maximum absolute atomic E-state index is 15.2. The molecule has 2 aromatic heterocycles. The maximum Gasteiger partial charge on any atom is 0.261 e. The first-order chi connectivity index (χ1) is 27.3. The van der Waals surface area contributed by atoms with E-state index in [4.69, 9.17) is 8.83 Å². The summed E-state index contributed by atoms with van der Waals surface area (Å²) in [5, 5.41) is 0. The van der Waals surface area contributed by atoms with E-state index in [0.29, 0.717) is 59.0 Å². The Morgan fingerprint density at radius 2 is 0.929 bits per heavy atom. The summed E-state index contributed by atoms with van der Waals surface area (Å²) in [6.45, 7) is 14.2. The van der Waals surface area contributed by atoms with Crippen molar-refractivity contribution in [1.82, 2.24) is 9.80 Å². The molecular weight excluding hydrogens is 693 g/mol. The quantitative estimate of drug-likeness (QED) is 0.0725. The number of nitrogens with zero attached hydrogens (tertiary/aromatic N) is 2. The zero-order chi connectivity index (χ0) is 39.9. The van der Waals surface area contributed by atoms with Gasteiger partial charge in [0.2, 0.25) is 0 Å². The zero-order valence-corrected chi connectivity index (χ0v) is 35.9. The van der Waals surface area contributed by atoms with Gasteiger partial charge in [-0.05, 0) is 80.7 Å². The molecule has 306 valence electrons. The third-order valence-electron chi connectivity index (χ3n) is 12.1. The minimum absolute atomic E-state index is 0.100. The predicted octanol–water partition coefficient (Wildman–Crippen LogP) is 13.9. The molecular formula is C50H72N2O4. The lowest BCUT2D eigenvalue weighted by atomic mass is 9.93. The van der Waals surface area contributed by atoms with Crippen LogP contribution in [0.15, 0.2) is 68.5 Å². The molecule has 5 rings (SSSR count). The number of furan rings is 2. The number of unbranched alkanes of at least 4 members (excludes halogenated alkanes) is 11. The maximum atomic E-state index is 15.2. The molecule has 2 atom stereocenters. The highest BCUT2D eigenvalue weighted by Crippen LogP contribution is 2.48. The molecule has 6 nitrogen and oxygen atoms in total. The van der Waals surface area contributed by atoms with Crippen molar-refractivity contribution in [3.63, 3.8) is 0 Å². The van der Waals surface area contributed by atoms with Crippen molar-refractivity contribution >= 4 is 23.2 Å². The lowest BCUT2D eigenvalue weighted by Gasteiger charge is -2.29. The molecule has 1 aromatic carbocycles. The fraction of sp³-hybridized carbons (Fsp3) is 0.600. The van der Waals surface area contributed by atoms with Crippen LogP contribution >= 0.6 is 0 Å². The average molecular weight is 765 g/mol. The van der Waals surface area contributed by atoms with Crippen molar-refractivity contribution in [3.8, 4) is 11.3 Å². The van der Waals surface area contributed by atoms with Crippen LogP contribution in [0.2, 0.25) is 0 Å². The van der Waals surface area contributed by atoms with E-state index < -0.39 is 0 Å². The van der Waals surface area contributed by atoms with Gasteiger partial charge < -0.3 is 18.6 Å². The summed E-state index contributed by atoms with van der Waals surface area (Å²) < 4.78 is 13.0. The number of rotatable bonds is 27. The average Bonchev–Trinajstić information content (AvgIpc) is 3.98. The van der Waals surface area contributed by atoms with Gasteiger partial charge in [-0.1, -0.05) is 155 Å². The Morgan fingerprint density at radius 1 is 0.482 bits per heavy atom. The molecule has 2 aliphatic heterocycles. The van der Waals surface area contributed by atoms with Crippen molar-refractivity contribution in [1.29, 1.82) is 0 Å². The molecule has 0 aliphatic carbocycles. The number of hydrogen-bond acceptors (Lipinski definition) is 4. The van der Waals surface area contributed by atoms with Crippen LogP contribution in [-0.2, 0) is 16.0 Å². The van der Waals surface area contributed by atoms with Crippen molar-refractivity contribution in [2.24, 2.45) is 11.8 Å². The van der Waals surface area contributed by atoms with Gasteiger partial charge in [0.05, 0.1) is 11.1 Å². The van der Waals surface area contributed by atoms with E-state index in [1.165, 1.54) is 76.2 Å². The van der Waals surface area contributed by atoms with Crippen LogP contribution in [0.25, 0.3) is 22.7 Å². The fourth-order valence-corrected chi connectivity index (χ4v) is 8.86. The molecule has 0 radical (unpaired) electrons. The van der Waals surface area contributed by atoms with E-state index in [1.807, 2.05) is 41.0 Å². The van der Waals surface area contributed by atoms with Crippen LogP contribution in [0.1, 0.15) is 179 Å². The standard InChI is InChI=1S/C50H72N2O4/c1-7-12-15-18-19-22-26-40(25-21-17-14-9-3)36-52-48(44-34-33-42(56-44)41-30-28-38(11-5)29-31-41)46-45(49(52)53)47(43-32-27-37(6)55-43)51(50(46)54)35-39(23-10-4)24-20-16-13-8-2/h27-34,39-40H,7-26,35-36H2,1-6H3. The highest BCUT2D eigenvalue weighted by Gasteiger charge is 2.51. The van der Waals surface area contributed by atoms with Gasteiger partial charge in [0.1, 0.15) is 22.9 Å². The van der Waals surface area contributed by atoms with E-state index in [9.17, 15) is 0 Å². The molecule has 0 saturated heterocycles. The second-order valence-corrected chi connectivity index (χ2v) is 16.7. The Labute approximate surface area is 339 Å². The normalized spacial score (nSPS) is 15.5. The first-order valence-electron chi connectivity index (χ1n) is 22.7. The lowest BCUT2D eigenvalue weighted by molar-refractivity contribution is -0.124. The minimum atomic E-state index is -0.106. The van der Waals surface area contributed by atoms with Gasteiger partial charge in [-0.2, -0.15) is 0 Å². The van der Waals surface area contributed by atoms with Crippen molar-refractivity contribution in [2.75, 3.05) is 13.1 Å². The summed E-state index contributed by atoms with van der Waals surface area (Å²) >= 11 is 0. The summed E-state index contributed by atoms with van der Waals surface area (Å²) in [6.07, 6.45) is 23.4. The number of amides is 2. The smallest absolute Gasteiger partial charge is 0.261 e. The van der Waals surface area contributed by atoms with E-state index in [-0.39, 0.29) is 11.8 Å². The molecule has 0 saturated carbocycles. The van der Waals surface area contributed by atoms with E-state index in [1.54, 1.807) is 0 Å². The fourth-order valence-electron chi connectivity index (χ4n) is 8.86. The van der Waals surface area contributed by atoms with Crippen molar-refractivity contribution in [2.45, 2.75) is 170 Å². The first kappa shape index (κ1) is 43.3. The van der Waals surface area contributed by atoms with Gasteiger partial charge in [0, 0.05) is 18.7 Å². The highest BCUT2D eigenvalue weighted by molar-refractivity contribution is 6.30. The molecule has 56 heavy (non-hydrogen) atoms. The molecule has 4 heterocycles. The molecule has 0 bridgehead atoms. The molecule has 3 aromatic rings. The molecule has 2 aliphatic rings. The van der Waals surface area contributed by atoms with Crippen LogP contribution in [0.3, 0.4) is 0 Å². The van der Waals surface area contributed by atoms with Gasteiger partial charge in [-0.3, -0.25) is 9.59 Å². The van der Waals surface area contributed by atoms with Gasteiger partial charge in [-0.15, -0.1) is 0 Å². The summed E-state index contributed by atoms with van der Waals surface area (Å²) in [5.74, 6) is 3.15. The zero-order valence-electron chi connectivity index (χ0n) is 35.9. The number of carbonyl (C=O) groups excluding carboxylic acids is 2. The largest absolute Gasteiger partial charge is 0.460 e. The summed E-state index contributed by atoms with van der Waals surface area (Å²) in [6, 6.07) is 16.3. The number of carbonyl (C=O) groups is 2. The summed E-state index contributed by atoms with van der Waals surface area (Å²) in [4.78, 5) is 34.1. The second kappa shape index (κ2) is 22.2. The molecule has 0 fully saturated rings. The Balaban J connectivity index is 1.57. The predicted molar refractivity (Wildman–Crippen MR) is 232 cm³/mol. The molecule has 0 N–H and O–H groups in total. The van der Waals surface area contributed by atoms with Gasteiger partial charge in [-0.25, -0.2) is 0 Å². The third kappa shape index (κ3) is 11.0. The second-order valence-electron chi connectivity index (χ2n) is 16.7. The van der Waals surface area contributed by atoms with Crippen LogP contribution in [0.5, 0.6) is 0 Å². The number of aryl methyl sites for hydroxylation is 2. The van der Waals surface area contributed by atoms with E-state index >= 15 is 9.59 Å². The first-order valence-corrected chi connectivity index (χ1v) is 22.7. The van der Waals surface area contributed by atoms with Gasteiger partial charge in [0.15, 0.2) is 11.5 Å². The lowest BCUT2D eigenvalue weighted by Crippen LogP contribution is -2.34.